The summed E-state index contributed by atoms with van der Waals surface area (Å²) in [5.41, 5.74) is 0.826. The van der Waals surface area contributed by atoms with Crippen molar-refractivity contribution in [3.63, 3.8) is 0 Å². The highest BCUT2D eigenvalue weighted by Gasteiger charge is 2.69. The van der Waals surface area contributed by atoms with Crippen molar-refractivity contribution in [2.75, 3.05) is 11.9 Å². The van der Waals surface area contributed by atoms with Crippen molar-refractivity contribution >= 4 is 46.0 Å². The second-order valence-electron chi connectivity index (χ2n) is 9.01. The standard InChI is InChI=1S/C25H20ClN3O4S/c26-15-8-9-18-17(13-15)25(24(31)27-18)22(23(30)20-7-3-11-34-20)21(19-6-2-10-28(19)25)14-4-1-5-16(12-14)29(32)33/h1,3-5,7-9,11-13,19,21-22H,2,6,10H2,(H,27,31)/t19?,21?,22?,25-/m1/s1. The number of ketones is 1. The number of halogens is 1. The van der Waals surface area contributed by atoms with Gasteiger partial charge in [0.1, 0.15) is 5.54 Å². The van der Waals surface area contributed by atoms with E-state index in [2.05, 4.69) is 10.2 Å². The molecule has 1 amide bonds. The fourth-order valence-electron chi connectivity index (χ4n) is 6.32. The molecule has 3 unspecified atom stereocenters. The van der Waals surface area contributed by atoms with E-state index < -0.39 is 16.4 Å². The fraction of sp³-hybridized carbons (Fsp3) is 0.280. The molecule has 1 spiro atoms. The number of hydrogen-bond acceptors (Lipinski definition) is 6. The van der Waals surface area contributed by atoms with Crippen LogP contribution in [0.1, 0.15) is 39.6 Å². The van der Waals surface area contributed by atoms with Crippen LogP contribution in [-0.2, 0) is 10.3 Å². The summed E-state index contributed by atoms with van der Waals surface area (Å²) in [6.45, 7) is 0.656. The Labute approximate surface area is 204 Å². The number of hydrogen-bond donors (Lipinski definition) is 1. The Morgan fingerprint density at radius 2 is 2.06 bits per heavy atom. The SMILES string of the molecule is O=C(c1cccs1)C1C(c2cccc([N+](=O)[O-])c2)C2CCCN2[C@@]12C(=O)Nc1ccc(Cl)cc12. The molecule has 34 heavy (non-hydrogen) atoms. The third-order valence-electron chi connectivity index (χ3n) is 7.48. The molecule has 4 heterocycles. The number of carbonyl (C=O) groups is 2. The van der Waals surface area contributed by atoms with Gasteiger partial charge < -0.3 is 5.32 Å². The van der Waals surface area contributed by atoms with Crippen LogP contribution in [0.25, 0.3) is 0 Å². The number of nitrogens with zero attached hydrogens (tertiary/aromatic N) is 2. The van der Waals surface area contributed by atoms with Gasteiger partial charge in [-0.25, -0.2) is 0 Å². The highest BCUT2D eigenvalue weighted by Crippen LogP contribution is 2.61. The molecule has 0 saturated carbocycles. The van der Waals surface area contributed by atoms with Gasteiger partial charge in [0.2, 0.25) is 5.91 Å². The van der Waals surface area contributed by atoms with Gasteiger partial charge in [0.15, 0.2) is 5.78 Å². The minimum absolute atomic E-state index is 0.0235. The van der Waals surface area contributed by atoms with Crippen molar-refractivity contribution in [1.29, 1.82) is 0 Å². The van der Waals surface area contributed by atoms with Crippen molar-refractivity contribution in [2.24, 2.45) is 5.92 Å². The highest BCUT2D eigenvalue weighted by atomic mass is 35.5. The summed E-state index contributed by atoms with van der Waals surface area (Å²) in [5, 5.41) is 16.9. The molecule has 3 aromatic rings. The van der Waals surface area contributed by atoms with Crippen LogP contribution >= 0.6 is 22.9 Å². The lowest BCUT2D eigenvalue weighted by Crippen LogP contribution is -2.52. The molecule has 0 bridgehead atoms. The Balaban J connectivity index is 1.63. The summed E-state index contributed by atoms with van der Waals surface area (Å²) < 4.78 is 0. The van der Waals surface area contributed by atoms with Crippen LogP contribution in [0.15, 0.2) is 60.0 Å². The molecule has 4 atom stereocenters. The number of fused-ring (bicyclic) bond motifs is 4. The van der Waals surface area contributed by atoms with E-state index in [0.717, 1.165) is 12.8 Å². The number of benzene rings is 2. The van der Waals surface area contributed by atoms with E-state index in [1.807, 2.05) is 17.5 Å². The predicted octanol–water partition coefficient (Wildman–Crippen LogP) is 5.22. The van der Waals surface area contributed by atoms with Crippen LogP contribution in [0.2, 0.25) is 5.02 Å². The number of Topliss-reactive ketones (excluding diaryl/α,β-unsaturated/α-hetero) is 1. The number of non-ortho nitro benzene ring substituents is 1. The van der Waals surface area contributed by atoms with E-state index >= 15 is 0 Å². The summed E-state index contributed by atoms with van der Waals surface area (Å²) in [7, 11) is 0. The number of anilines is 1. The Kier molecular flexibility index (Phi) is 4.88. The van der Waals surface area contributed by atoms with Gasteiger partial charge in [-0.1, -0.05) is 29.8 Å². The first-order valence-electron chi connectivity index (χ1n) is 11.1. The van der Waals surface area contributed by atoms with Crippen LogP contribution < -0.4 is 5.32 Å². The number of carbonyl (C=O) groups excluding carboxylic acids is 2. The summed E-state index contributed by atoms with van der Waals surface area (Å²) >= 11 is 7.74. The van der Waals surface area contributed by atoms with Crippen molar-refractivity contribution in [3.05, 3.63) is 91.1 Å². The molecule has 3 aliphatic rings. The average Bonchev–Trinajstić information content (AvgIpc) is 3.60. The van der Waals surface area contributed by atoms with E-state index in [4.69, 9.17) is 11.6 Å². The minimum Gasteiger partial charge on any atom is -0.324 e. The molecule has 6 rings (SSSR count). The van der Waals surface area contributed by atoms with Crippen LogP contribution in [0, 0.1) is 16.0 Å². The lowest BCUT2D eigenvalue weighted by molar-refractivity contribution is -0.384. The first kappa shape index (κ1) is 21.5. The van der Waals surface area contributed by atoms with Gasteiger partial charge in [0.25, 0.3) is 5.69 Å². The lowest BCUT2D eigenvalue weighted by atomic mass is 9.69. The Morgan fingerprint density at radius 3 is 2.82 bits per heavy atom. The Bertz CT molecular complexity index is 1340. The van der Waals surface area contributed by atoms with Crippen molar-refractivity contribution < 1.29 is 14.5 Å². The van der Waals surface area contributed by atoms with Crippen LogP contribution in [0.3, 0.4) is 0 Å². The second-order valence-corrected chi connectivity index (χ2v) is 10.4. The molecule has 0 radical (unpaired) electrons. The average molecular weight is 494 g/mol. The zero-order valence-corrected chi connectivity index (χ0v) is 19.5. The number of nitro groups is 1. The molecule has 172 valence electrons. The summed E-state index contributed by atoms with van der Waals surface area (Å²) in [6.07, 6.45) is 1.67. The quantitative estimate of drug-likeness (QED) is 0.305. The van der Waals surface area contributed by atoms with Gasteiger partial charge in [0.05, 0.1) is 15.7 Å². The molecule has 1 N–H and O–H groups in total. The largest absolute Gasteiger partial charge is 0.324 e. The van der Waals surface area contributed by atoms with Crippen molar-refractivity contribution in [2.45, 2.75) is 30.3 Å². The van der Waals surface area contributed by atoms with Crippen molar-refractivity contribution in [1.82, 2.24) is 4.90 Å². The fourth-order valence-corrected chi connectivity index (χ4v) is 7.20. The molecule has 2 aromatic carbocycles. The smallest absolute Gasteiger partial charge is 0.269 e. The number of nitro benzene ring substituents is 1. The number of nitrogens with one attached hydrogen (secondary N) is 1. The lowest BCUT2D eigenvalue weighted by Gasteiger charge is -2.36. The van der Waals surface area contributed by atoms with Crippen LogP contribution in [-0.4, -0.2) is 34.1 Å². The number of thiophene rings is 1. The van der Waals surface area contributed by atoms with E-state index in [-0.39, 0.29) is 29.3 Å². The maximum Gasteiger partial charge on any atom is 0.269 e. The zero-order chi connectivity index (χ0) is 23.6. The second kappa shape index (κ2) is 7.73. The van der Waals surface area contributed by atoms with Crippen LogP contribution in [0.4, 0.5) is 11.4 Å². The summed E-state index contributed by atoms with van der Waals surface area (Å²) in [5.74, 6) is -1.49. The molecule has 1 aromatic heterocycles. The van der Waals surface area contributed by atoms with E-state index in [9.17, 15) is 19.7 Å². The molecule has 9 heteroatoms. The third kappa shape index (κ3) is 2.85. The van der Waals surface area contributed by atoms with Gasteiger partial charge in [-0.15, -0.1) is 11.3 Å². The number of rotatable bonds is 4. The maximum absolute atomic E-state index is 14.2. The van der Waals surface area contributed by atoms with E-state index in [0.29, 0.717) is 33.3 Å². The molecule has 7 nitrogen and oxygen atoms in total. The van der Waals surface area contributed by atoms with Gasteiger partial charge >= 0.3 is 0 Å². The molecular weight excluding hydrogens is 474 g/mol. The van der Waals surface area contributed by atoms with Gasteiger partial charge in [0, 0.05) is 40.4 Å². The monoisotopic (exact) mass is 493 g/mol. The normalized spacial score (nSPS) is 27.6. The van der Waals surface area contributed by atoms with Crippen LogP contribution in [0.5, 0.6) is 0 Å². The highest BCUT2D eigenvalue weighted by molar-refractivity contribution is 7.12. The zero-order valence-electron chi connectivity index (χ0n) is 17.9. The van der Waals surface area contributed by atoms with Gasteiger partial charge in [-0.2, -0.15) is 0 Å². The molecular formula is C25H20ClN3O4S. The molecule has 0 aliphatic carbocycles. The first-order valence-corrected chi connectivity index (χ1v) is 12.4. The minimum atomic E-state index is -1.22. The van der Waals surface area contributed by atoms with Gasteiger partial charge in [-0.05, 0) is 54.6 Å². The molecule has 2 fully saturated rings. The number of amides is 1. The maximum atomic E-state index is 14.2. The third-order valence-corrected chi connectivity index (χ3v) is 8.59. The summed E-state index contributed by atoms with van der Waals surface area (Å²) in [6, 6.07) is 15.3. The first-order chi connectivity index (χ1) is 16.4. The Morgan fingerprint density at radius 1 is 1.21 bits per heavy atom. The van der Waals surface area contributed by atoms with E-state index in [1.54, 1.807) is 36.4 Å². The van der Waals surface area contributed by atoms with Crippen molar-refractivity contribution in [3.8, 4) is 0 Å². The molecule has 3 aliphatic heterocycles. The Hall–Kier alpha value is -3.07. The van der Waals surface area contributed by atoms with E-state index in [1.165, 1.54) is 17.4 Å². The topological polar surface area (TPSA) is 92.5 Å². The molecule has 2 saturated heterocycles. The predicted molar refractivity (Wildman–Crippen MR) is 129 cm³/mol. The van der Waals surface area contributed by atoms with Gasteiger partial charge in [-0.3, -0.25) is 24.6 Å². The summed E-state index contributed by atoms with van der Waals surface area (Å²) in [4.78, 5) is 41.9.